The van der Waals surface area contributed by atoms with Gasteiger partial charge in [-0.2, -0.15) is 0 Å². The quantitative estimate of drug-likeness (QED) is 0.742. The van der Waals surface area contributed by atoms with Crippen LogP contribution in [0, 0.1) is 0 Å². The van der Waals surface area contributed by atoms with Crippen LogP contribution in [0.4, 0.5) is 0 Å². The van der Waals surface area contributed by atoms with E-state index >= 15 is 0 Å². The Labute approximate surface area is 92.2 Å². The average Bonchev–Trinajstić information content (AvgIpc) is 2.76. The predicted octanol–water partition coefficient (Wildman–Crippen LogP) is 2.96. The SMILES string of the molecule is CSc1nnc(/C=C/c2ccccc2)o1. The molecular weight excluding hydrogens is 208 g/mol. The Morgan fingerprint density at radius 3 is 2.60 bits per heavy atom. The first kappa shape index (κ1) is 9.98. The van der Waals surface area contributed by atoms with Crippen molar-refractivity contribution in [2.45, 2.75) is 5.22 Å². The van der Waals surface area contributed by atoms with Crippen molar-refractivity contribution in [2.75, 3.05) is 6.26 Å². The zero-order valence-electron chi connectivity index (χ0n) is 8.25. The highest BCUT2D eigenvalue weighted by Crippen LogP contribution is 2.13. The number of rotatable bonds is 3. The first-order valence-corrected chi connectivity index (χ1v) is 5.71. The Balaban J connectivity index is 2.11. The van der Waals surface area contributed by atoms with Crippen LogP contribution in [0.25, 0.3) is 12.2 Å². The molecule has 0 amide bonds. The summed E-state index contributed by atoms with van der Waals surface area (Å²) in [4.78, 5) is 0. The fourth-order valence-corrected chi connectivity index (χ4v) is 1.39. The molecular formula is C11H10N2OS. The van der Waals surface area contributed by atoms with Crippen LogP contribution in [0.5, 0.6) is 0 Å². The second-order valence-corrected chi connectivity index (χ2v) is 3.61. The van der Waals surface area contributed by atoms with Gasteiger partial charge in [-0.15, -0.1) is 10.2 Å². The van der Waals surface area contributed by atoms with E-state index in [0.717, 1.165) is 5.56 Å². The van der Waals surface area contributed by atoms with E-state index < -0.39 is 0 Å². The molecule has 0 saturated carbocycles. The van der Waals surface area contributed by atoms with E-state index in [1.807, 2.05) is 48.7 Å². The smallest absolute Gasteiger partial charge is 0.276 e. The molecule has 0 aliphatic rings. The maximum atomic E-state index is 5.31. The van der Waals surface area contributed by atoms with Gasteiger partial charge in [0.15, 0.2) is 0 Å². The second-order valence-electron chi connectivity index (χ2n) is 2.85. The third kappa shape index (κ3) is 2.70. The molecule has 76 valence electrons. The van der Waals surface area contributed by atoms with Crippen LogP contribution in [-0.4, -0.2) is 16.5 Å². The van der Waals surface area contributed by atoms with Crippen LogP contribution in [-0.2, 0) is 0 Å². The molecule has 0 spiro atoms. The van der Waals surface area contributed by atoms with Gasteiger partial charge in [-0.25, -0.2) is 0 Å². The van der Waals surface area contributed by atoms with E-state index in [9.17, 15) is 0 Å². The van der Waals surface area contributed by atoms with Crippen molar-refractivity contribution < 1.29 is 4.42 Å². The molecule has 0 atom stereocenters. The highest BCUT2D eigenvalue weighted by atomic mass is 32.2. The van der Waals surface area contributed by atoms with Crippen LogP contribution in [0.2, 0.25) is 0 Å². The molecule has 2 rings (SSSR count). The summed E-state index contributed by atoms with van der Waals surface area (Å²) in [5.74, 6) is 0.531. The van der Waals surface area contributed by atoms with E-state index in [0.29, 0.717) is 11.1 Å². The standard InChI is InChI=1S/C11H10N2OS/c1-15-11-13-12-10(14-11)8-7-9-5-3-2-4-6-9/h2-8H,1H3/b8-7+. The summed E-state index contributed by atoms with van der Waals surface area (Å²) in [5.41, 5.74) is 1.11. The zero-order chi connectivity index (χ0) is 10.5. The summed E-state index contributed by atoms with van der Waals surface area (Å²) in [6.07, 6.45) is 5.65. The molecule has 2 aromatic rings. The Kier molecular flexibility index (Phi) is 3.19. The summed E-state index contributed by atoms with van der Waals surface area (Å²) in [6.45, 7) is 0. The van der Waals surface area contributed by atoms with E-state index in [-0.39, 0.29) is 0 Å². The minimum absolute atomic E-state index is 0.531. The first-order chi connectivity index (χ1) is 7.38. The fourth-order valence-electron chi connectivity index (χ4n) is 1.10. The number of thioether (sulfide) groups is 1. The predicted molar refractivity (Wildman–Crippen MR) is 61.4 cm³/mol. The van der Waals surface area contributed by atoms with Gasteiger partial charge in [0.05, 0.1) is 0 Å². The summed E-state index contributed by atoms with van der Waals surface area (Å²) < 4.78 is 5.31. The maximum absolute atomic E-state index is 5.31. The van der Waals surface area contributed by atoms with Crippen LogP contribution in [0.15, 0.2) is 40.0 Å². The Hall–Kier alpha value is -1.55. The summed E-state index contributed by atoms with van der Waals surface area (Å²) in [6, 6.07) is 9.99. The van der Waals surface area contributed by atoms with Gasteiger partial charge in [0.1, 0.15) is 0 Å². The monoisotopic (exact) mass is 218 g/mol. The molecule has 0 aliphatic carbocycles. The van der Waals surface area contributed by atoms with E-state index in [2.05, 4.69) is 10.2 Å². The molecule has 0 fully saturated rings. The van der Waals surface area contributed by atoms with Crippen molar-refractivity contribution in [3.8, 4) is 0 Å². The third-order valence-electron chi connectivity index (χ3n) is 1.81. The van der Waals surface area contributed by atoms with Crippen molar-refractivity contribution >= 4 is 23.9 Å². The lowest BCUT2D eigenvalue weighted by Gasteiger charge is -1.88. The van der Waals surface area contributed by atoms with Gasteiger partial charge >= 0.3 is 0 Å². The molecule has 1 aromatic carbocycles. The lowest BCUT2D eigenvalue weighted by molar-refractivity contribution is 0.447. The number of nitrogens with zero attached hydrogens (tertiary/aromatic N) is 2. The highest BCUT2D eigenvalue weighted by molar-refractivity contribution is 7.98. The van der Waals surface area contributed by atoms with Crippen molar-refractivity contribution in [3.63, 3.8) is 0 Å². The first-order valence-electron chi connectivity index (χ1n) is 4.49. The lowest BCUT2D eigenvalue weighted by atomic mass is 10.2. The van der Waals surface area contributed by atoms with E-state index in [4.69, 9.17) is 4.42 Å². The normalized spacial score (nSPS) is 11.0. The molecule has 15 heavy (non-hydrogen) atoms. The third-order valence-corrected chi connectivity index (χ3v) is 2.33. The van der Waals surface area contributed by atoms with Crippen molar-refractivity contribution in [3.05, 3.63) is 41.8 Å². The minimum atomic E-state index is 0.531. The van der Waals surface area contributed by atoms with Crippen LogP contribution >= 0.6 is 11.8 Å². The van der Waals surface area contributed by atoms with Crippen molar-refractivity contribution in [1.29, 1.82) is 0 Å². The molecule has 0 N–H and O–H groups in total. The number of benzene rings is 1. The van der Waals surface area contributed by atoms with Crippen molar-refractivity contribution in [1.82, 2.24) is 10.2 Å². The van der Waals surface area contributed by atoms with Crippen LogP contribution < -0.4 is 0 Å². The van der Waals surface area contributed by atoms with Gasteiger partial charge < -0.3 is 4.42 Å². The second kappa shape index (κ2) is 4.79. The number of aromatic nitrogens is 2. The number of hydrogen-bond acceptors (Lipinski definition) is 4. The molecule has 0 radical (unpaired) electrons. The topological polar surface area (TPSA) is 38.9 Å². The Morgan fingerprint density at radius 2 is 1.93 bits per heavy atom. The van der Waals surface area contributed by atoms with E-state index in [1.54, 1.807) is 0 Å². The average molecular weight is 218 g/mol. The zero-order valence-corrected chi connectivity index (χ0v) is 9.07. The largest absolute Gasteiger partial charge is 0.412 e. The molecule has 0 bridgehead atoms. The molecule has 0 unspecified atom stereocenters. The van der Waals surface area contributed by atoms with Gasteiger partial charge in [0.25, 0.3) is 5.22 Å². The summed E-state index contributed by atoms with van der Waals surface area (Å²) >= 11 is 1.44. The van der Waals surface area contributed by atoms with Gasteiger partial charge in [-0.05, 0) is 17.9 Å². The van der Waals surface area contributed by atoms with Gasteiger partial charge in [-0.3, -0.25) is 0 Å². The molecule has 4 heteroatoms. The van der Waals surface area contributed by atoms with Gasteiger partial charge in [0, 0.05) is 6.08 Å². The molecule has 1 heterocycles. The van der Waals surface area contributed by atoms with Crippen molar-refractivity contribution in [2.24, 2.45) is 0 Å². The molecule has 0 saturated heterocycles. The molecule has 0 aliphatic heterocycles. The van der Waals surface area contributed by atoms with Crippen LogP contribution in [0.3, 0.4) is 0 Å². The number of hydrogen-bond donors (Lipinski definition) is 0. The summed E-state index contributed by atoms with van der Waals surface area (Å²) in [7, 11) is 0. The minimum Gasteiger partial charge on any atom is -0.412 e. The maximum Gasteiger partial charge on any atom is 0.276 e. The van der Waals surface area contributed by atoms with E-state index in [1.165, 1.54) is 11.8 Å². The lowest BCUT2D eigenvalue weighted by Crippen LogP contribution is -1.72. The summed E-state index contributed by atoms with van der Waals surface area (Å²) in [5, 5.41) is 8.31. The van der Waals surface area contributed by atoms with Crippen LogP contribution in [0.1, 0.15) is 11.5 Å². The Morgan fingerprint density at radius 1 is 1.13 bits per heavy atom. The molecule has 1 aromatic heterocycles. The fraction of sp³-hybridized carbons (Fsp3) is 0.0909. The highest BCUT2D eigenvalue weighted by Gasteiger charge is 1.99. The van der Waals surface area contributed by atoms with Gasteiger partial charge in [0.2, 0.25) is 5.89 Å². The van der Waals surface area contributed by atoms with Gasteiger partial charge in [-0.1, -0.05) is 42.1 Å². The Bertz CT molecular complexity index is 451. The molecule has 3 nitrogen and oxygen atoms in total.